The van der Waals surface area contributed by atoms with Crippen molar-refractivity contribution in [3.05, 3.63) is 45.3 Å². The van der Waals surface area contributed by atoms with Gasteiger partial charge in [-0.25, -0.2) is 13.6 Å². The maximum atomic E-state index is 14.1. The van der Waals surface area contributed by atoms with E-state index in [2.05, 4.69) is 9.35 Å². The van der Waals surface area contributed by atoms with Crippen LogP contribution in [0.1, 0.15) is 80.8 Å². The number of benzene rings is 1. The van der Waals surface area contributed by atoms with Crippen LogP contribution in [0.4, 0.5) is 4.39 Å². The molecule has 0 fully saturated rings. The summed E-state index contributed by atoms with van der Waals surface area (Å²) >= 11 is 0.965. The van der Waals surface area contributed by atoms with Crippen molar-refractivity contribution in [2.24, 2.45) is 4.36 Å². The lowest BCUT2D eigenvalue weighted by molar-refractivity contribution is -0.117. The van der Waals surface area contributed by atoms with Crippen molar-refractivity contribution >= 4 is 27.8 Å². The first-order chi connectivity index (χ1) is 13.8. The summed E-state index contributed by atoms with van der Waals surface area (Å²) < 4.78 is 30.8. The van der Waals surface area contributed by atoms with Gasteiger partial charge in [0.25, 0.3) is 5.91 Å². The third-order valence-electron chi connectivity index (χ3n) is 4.58. The fourth-order valence-electron chi connectivity index (χ4n) is 3.11. The number of halogens is 1. The largest absolute Gasteiger partial charge is 0.390 e. The molecular formula is C21H29FN2O4S2. The summed E-state index contributed by atoms with van der Waals surface area (Å²) in [6.45, 7) is 10.3. The van der Waals surface area contributed by atoms with Gasteiger partial charge in [0, 0.05) is 0 Å². The lowest BCUT2D eigenvalue weighted by atomic mass is 9.87. The summed E-state index contributed by atoms with van der Waals surface area (Å²) in [7, 11) is -2.48. The Morgan fingerprint density at radius 3 is 2.20 bits per heavy atom. The first-order valence-corrected chi connectivity index (χ1v) is 11.7. The van der Waals surface area contributed by atoms with Crippen molar-refractivity contribution in [1.82, 2.24) is 4.98 Å². The van der Waals surface area contributed by atoms with Crippen LogP contribution in [0.2, 0.25) is 0 Å². The molecule has 2 rings (SSSR count). The predicted molar refractivity (Wildman–Crippen MR) is 117 cm³/mol. The van der Waals surface area contributed by atoms with Gasteiger partial charge in [-0.2, -0.15) is 4.36 Å². The maximum Gasteiger partial charge on any atom is 0.258 e. The Labute approximate surface area is 182 Å². The molecule has 1 amide bonds. The second-order valence-electron chi connectivity index (χ2n) is 8.30. The Balaban J connectivity index is 2.44. The molecule has 1 unspecified atom stereocenters. The summed E-state index contributed by atoms with van der Waals surface area (Å²) in [5.41, 5.74) is 1.05. The fourth-order valence-corrected chi connectivity index (χ4v) is 5.32. The Hall–Kier alpha value is -1.68. The molecule has 30 heavy (non-hydrogen) atoms. The zero-order valence-corrected chi connectivity index (χ0v) is 19.8. The van der Waals surface area contributed by atoms with E-state index in [0.29, 0.717) is 5.56 Å². The number of aromatic nitrogens is 1. The summed E-state index contributed by atoms with van der Waals surface area (Å²) in [5, 5.41) is 19.9. The number of hydrogen-bond acceptors (Lipinski definition) is 6. The average molecular weight is 457 g/mol. The summed E-state index contributed by atoms with van der Waals surface area (Å²) in [4.78, 5) is 16.8. The molecule has 0 aliphatic rings. The number of aliphatic hydroxyl groups excluding tert-OH is 1. The van der Waals surface area contributed by atoms with E-state index in [1.54, 1.807) is 0 Å². The Morgan fingerprint density at radius 1 is 1.23 bits per heavy atom. The van der Waals surface area contributed by atoms with Crippen molar-refractivity contribution in [2.45, 2.75) is 76.2 Å². The van der Waals surface area contributed by atoms with Crippen LogP contribution >= 0.6 is 11.3 Å². The molecule has 1 heterocycles. The van der Waals surface area contributed by atoms with Crippen molar-refractivity contribution in [2.75, 3.05) is 0 Å². The van der Waals surface area contributed by atoms with Gasteiger partial charge in [0.1, 0.15) is 20.6 Å². The van der Waals surface area contributed by atoms with E-state index >= 15 is 0 Å². The summed E-state index contributed by atoms with van der Waals surface area (Å²) in [6, 6.07) is 2.86. The standard InChI is InChI=1S/C21H29FN2O4S2/c1-11(2)14-7-13(22)8-15(12(3)4)16(14)9-18(26)24-30(28)19-17(10-25)23-20(29-19)21(5,6)27/h7-8,11-12,25,27,30H,9-10H2,1-6H3. The molecule has 9 heteroatoms. The number of thiazole rings is 1. The topological polar surface area (TPSA) is 99.9 Å². The van der Waals surface area contributed by atoms with Crippen LogP contribution in [0.5, 0.6) is 0 Å². The third kappa shape index (κ3) is 5.72. The minimum absolute atomic E-state index is 0.00611. The van der Waals surface area contributed by atoms with Crippen molar-refractivity contribution < 1.29 is 23.6 Å². The molecule has 0 aliphatic heterocycles. The highest BCUT2D eigenvalue weighted by Gasteiger charge is 2.24. The zero-order valence-electron chi connectivity index (χ0n) is 18.1. The Morgan fingerprint density at radius 2 is 1.77 bits per heavy atom. The Kier molecular flexibility index (Phi) is 7.90. The number of nitrogens with zero attached hydrogens (tertiary/aromatic N) is 2. The van der Waals surface area contributed by atoms with E-state index in [1.807, 2.05) is 27.7 Å². The quantitative estimate of drug-likeness (QED) is 0.546. The number of thiol groups is 1. The molecule has 1 aromatic heterocycles. The average Bonchev–Trinajstić information content (AvgIpc) is 3.07. The highest BCUT2D eigenvalue weighted by molar-refractivity contribution is 7.78. The van der Waals surface area contributed by atoms with Crippen LogP contribution in [-0.2, 0) is 34.0 Å². The zero-order chi connectivity index (χ0) is 22.8. The minimum atomic E-state index is -2.48. The van der Waals surface area contributed by atoms with Gasteiger partial charge in [-0.15, -0.1) is 11.3 Å². The summed E-state index contributed by atoms with van der Waals surface area (Å²) in [6.07, 6.45) is -0.0893. The summed E-state index contributed by atoms with van der Waals surface area (Å²) in [5.74, 6) is -0.926. The number of carbonyl (C=O) groups is 1. The van der Waals surface area contributed by atoms with E-state index in [0.717, 1.165) is 22.5 Å². The monoisotopic (exact) mass is 456 g/mol. The van der Waals surface area contributed by atoms with E-state index in [4.69, 9.17) is 0 Å². The predicted octanol–water partition coefficient (Wildman–Crippen LogP) is 4.04. The molecule has 6 nitrogen and oxygen atoms in total. The van der Waals surface area contributed by atoms with E-state index in [-0.39, 0.29) is 39.0 Å². The molecule has 166 valence electrons. The van der Waals surface area contributed by atoms with Gasteiger partial charge in [-0.3, -0.25) is 4.79 Å². The second-order valence-corrected chi connectivity index (χ2v) is 10.8. The third-order valence-corrected chi connectivity index (χ3v) is 7.55. The molecule has 2 N–H and O–H groups in total. The number of carbonyl (C=O) groups excluding carboxylic acids is 1. The first-order valence-electron chi connectivity index (χ1n) is 9.72. The van der Waals surface area contributed by atoms with Crippen LogP contribution < -0.4 is 0 Å². The molecule has 0 bridgehead atoms. The number of hydrogen-bond donors (Lipinski definition) is 3. The van der Waals surface area contributed by atoms with Crippen LogP contribution in [0.15, 0.2) is 20.7 Å². The smallest absolute Gasteiger partial charge is 0.258 e. The minimum Gasteiger partial charge on any atom is -0.390 e. The molecule has 1 atom stereocenters. The van der Waals surface area contributed by atoms with Crippen LogP contribution in [-0.4, -0.2) is 25.3 Å². The first kappa shape index (κ1) is 24.6. The van der Waals surface area contributed by atoms with Gasteiger partial charge in [-0.1, -0.05) is 27.7 Å². The number of aliphatic hydroxyl groups is 2. The highest BCUT2D eigenvalue weighted by Crippen LogP contribution is 2.31. The molecule has 0 spiro atoms. The van der Waals surface area contributed by atoms with Crippen molar-refractivity contribution in [1.29, 1.82) is 0 Å². The number of amides is 1. The highest BCUT2D eigenvalue weighted by atomic mass is 32.2. The van der Waals surface area contributed by atoms with Crippen molar-refractivity contribution in [3.8, 4) is 0 Å². The van der Waals surface area contributed by atoms with E-state index in [9.17, 15) is 23.6 Å². The molecule has 0 aliphatic carbocycles. The van der Waals surface area contributed by atoms with Gasteiger partial charge in [-0.05, 0) is 54.5 Å². The van der Waals surface area contributed by atoms with Gasteiger partial charge in [0.15, 0.2) is 0 Å². The molecule has 0 saturated carbocycles. The fraction of sp³-hybridized carbons (Fsp3) is 0.524. The second kappa shape index (κ2) is 9.64. The lowest BCUT2D eigenvalue weighted by Gasteiger charge is -2.19. The normalized spacial score (nSPS) is 13.4. The van der Waals surface area contributed by atoms with E-state index in [1.165, 1.54) is 26.0 Å². The molecular weight excluding hydrogens is 427 g/mol. The van der Waals surface area contributed by atoms with Gasteiger partial charge >= 0.3 is 0 Å². The van der Waals surface area contributed by atoms with E-state index < -0.39 is 28.7 Å². The lowest BCUT2D eigenvalue weighted by Crippen LogP contribution is -2.14. The molecule has 2 aromatic rings. The Bertz CT molecular complexity index is 987. The van der Waals surface area contributed by atoms with Crippen LogP contribution in [0.3, 0.4) is 0 Å². The maximum absolute atomic E-state index is 14.1. The van der Waals surface area contributed by atoms with Crippen LogP contribution in [0.25, 0.3) is 0 Å². The SMILES string of the molecule is CC(C)c1cc(F)cc(C(C)C)c1CC(=O)/N=[SH](=O)/c1sc(C(C)(C)O)nc1CO. The van der Waals surface area contributed by atoms with Gasteiger partial charge < -0.3 is 10.2 Å². The van der Waals surface area contributed by atoms with Gasteiger partial charge in [0.2, 0.25) is 0 Å². The molecule has 0 saturated heterocycles. The van der Waals surface area contributed by atoms with Crippen LogP contribution in [0, 0.1) is 5.82 Å². The molecule has 1 aromatic carbocycles. The van der Waals surface area contributed by atoms with Crippen molar-refractivity contribution in [3.63, 3.8) is 0 Å². The number of rotatable bonds is 7. The van der Waals surface area contributed by atoms with Gasteiger partial charge in [0.05, 0.1) is 29.3 Å². The molecule has 0 radical (unpaired) electrons.